The zero-order chi connectivity index (χ0) is 21.5. The van der Waals surface area contributed by atoms with E-state index in [0.717, 1.165) is 11.8 Å². The lowest BCUT2D eigenvalue weighted by Gasteiger charge is -2.12. The van der Waals surface area contributed by atoms with E-state index in [-0.39, 0.29) is 0 Å². The van der Waals surface area contributed by atoms with E-state index in [4.69, 9.17) is 5.10 Å². The molecule has 0 N–H and O–H groups in total. The standard InChI is InChI=1S/C25H33N4/c1-12-14(3)18(7)23-21(16(12)5)22-17(6)13(2)15(4)19(8)24(22)29(23)25-26-28(11)20(9)27(25)10/h1-11H3/q+1. The molecule has 0 spiro atoms. The van der Waals surface area contributed by atoms with Crippen LogP contribution in [0.3, 0.4) is 0 Å². The molecule has 0 bridgehead atoms. The lowest BCUT2D eigenvalue weighted by molar-refractivity contribution is -0.672. The third kappa shape index (κ3) is 2.32. The molecule has 0 amide bonds. The fourth-order valence-electron chi connectivity index (χ4n) is 4.90. The van der Waals surface area contributed by atoms with Gasteiger partial charge in [0.25, 0.3) is 0 Å². The highest BCUT2D eigenvalue weighted by Gasteiger charge is 2.30. The maximum absolute atomic E-state index is 4.94. The van der Waals surface area contributed by atoms with Crippen molar-refractivity contribution in [1.29, 1.82) is 0 Å². The Balaban J connectivity index is 2.46. The molecular formula is C25H33N4+. The van der Waals surface area contributed by atoms with Gasteiger partial charge in [0, 0.05) is 22.8 Å². The second-order valence-corrected chi connectivity index (χ2v) is 8.81. The number of aromatic nitrogens is 4. The first-order chi connectivity index (χ1) is 13.5. The van der Waals surface area contributed by atoms with Gasteiger partial charge >= 0.3 is 5.95 Å². The van der Waals surface area contributed by atoms with Crippen LogP contribution in [0.15, 0.2) is 0 Å². The summed E-state index contributed by atoms with van der Waals surface area (Å²) in [5, 5.41) is 7.70. The SMILES string of the molecule is Cc1c(C)c(C)c2c(c1C)c1c(C)c(C)c(C)c(C)c1n2-c1nn(C)c(C)[n+]1C. The summed E-state index contributed by atoms with van der Waals surface area (Å²) in [5.41, 5.74) is 13.6. The van der Waals surface area contributed by atoms with Gasteiger partial charge in [0.15, 0.2) is 0 Å². The summed E-state index contributed by atoms with van der Waals surface area (Å²) < 4.78 is 6.59. The normalized spacial score (nSPS) is 12.0. The summed E-state index contributed by atoms with van der Waals surface area (Å²) >= 11 is 0. The van der Waals surface area contributed by atoms with Gasteiger partial charge in [-0.2, -0.15) is 0 Å². The molecule has 2 aromatic carbocycles. The quantitative estimate of drug-likeness (QED) is 0.415. The summed E-state index contributed by atoms with van der Waals surface area (Å²) in [7, 11) is 4.13. The predicted octanol–water partition coefficient (Wildman–Crippen LogP) is 5.12. The lowest BCUT2D eigenvalue weighted by atomic mass is 9.90. The molecule has 2 aromatic heterocycles. The molecule has 0 aliphatic carbocycles. The van der Waals surface area contributed by atoms with Crippen LogP contribution in [-0.2, 0) is 14.1 Å². The van der Waals surface area contributed by atoms with Gasteiger partial charge in [0.1, 0.15) is 11.0 Å². The maximum atomic E-state index is 4.94. The minimum atomic E-state index is 0.974. The smallest absolute Gasteiger partial charge is 0.227 e. The minimum Gasteiger partial charge on any atom is -0.227 e. The topological polar surface area (TPSA) is 26.6 Å². The third-order valence-electron chi connectivity index (χ3n) is 7.70. The van der Waals surface area contributed by atoms with E-state index in [0.29, 0.717) is 0 Å². The molecule has 0 radical (unpaired) electrons. The molecule has 4 heteroatoms. The van der Waals surface area contributed by atoms with Crippen LogP contribution in [-0.4, -0.2) is 14.3 Å². The highest BCUT2D eigenvalue weighted by atomic mass is 15.4. The van der Waals surface area contributed by atoms with Gasteiger partial charge in [-0.15, -0.1) is 4.68 Å². The van der Waals surface area contributed by atoms with Crippen molar-refractivity contribution in [3.05, 3.63) is 50.3 Å². The van der Waals surface area contributed by atoms with Gasteiger partial charge in [-0.25, -0.2) is 9.13 Å². The highest BCUT2D eigenvalue weighted by Crippen LogP contribution is 2.42. The van der Waals surface area contributed by atoms with Gasteiger partial charge in [0.2, 0.25) is 5.82 Å². The molecular weight excluding hydrogens is 356 g/mol. The Hall–Kier alpha value is -2.62. The van der Waals surface area contributed by atoms with E-state index in [2.05, 4.69) is 78.5 Å². The summed E-state index contributed by atoms with van der Waals surface area (Å²) in [6, 6.07) is 0. The Bertz CT molecular complexity index is 1270. The molecule has 0 fully saturated rings. The monoisotopic (exact) mass is 389 g/mol. The molecule has 152 valence electrons. The Morgan fingerprint density at radius 3 is 1.31 bits per heavy atom. The van der Waals surface area contributed by atoms with Crippen molar-refractivity contribution in [2.24, 2.45) is 14.1 Å². The molecule has 29 heavy (non-hydrogen) atoms. The first kappa shape index (κ1) is 19.7. The van der Waals surface area contributed by atoms with Crippen molar-refractivity contribution >= 4 is 21.8 Å². The van der Waals surface area contributed by atoms with Crippen LogP contribution in [0.2, 0.25) is 0 Å². The average molecular weight is 390 g/mol. The Morgan fingerprint density at radius 1 is 0.586 bits per heavy atom. The molecule has 4 aromatic rings. The van der Waals surface area contributed by atoms with E-state index >= 15 is 0 Å². The number of fused-ring (bicyclic) bond motifs is 3. The number of nitrogens with zero attached hydrogens (tertiary/aromatic N) is 4. The maximum Gasteiger partial charge on any atom is 0.389 e. The second-order valence-electron chi connectivity index (χ2n) is 8.81. The van der Waals surface area contributed by atoms with Gasteiger partial charge in [0.05, 0.1) is 14.1 Å². The number of aryl methyl sites for hydroxylation is 5. The van der Waals surface area contributed by atoms with Crippen molar-refractivity contribution in [1.82, 2.24) is 14.3 Å². The molecule has 0 aliphatic rings. The minimum absolute atomic E-state index is 0.974. The zero-order valence-electron chi connectivity index (χ0n) is 19.8. The Morgan fingerprint density at radius 2 is 0.966 bits per heavy atom. The van der Waals surface area contributed by atoms with Crippen LogP contribution in [0.1, 0.15) is 50.3 Å². The van der Waals surface area contributed by atoms with Crippen molar-refractivity contribution in [3.8, 4) is 5.95 Å². The second kappa shape index (κ2) is 6.19. The van der Waals surface area contributed by atoms with Crippen molar-refractivity contribution in [3.63, 3.8) is 0 Å². The molecule has 0 unspecified atom stereocenters. The molecule has 2 heterocycles. The summed E-state index contributed by atoms with van der Waals surface area (Å²) in [6.45, 7) is 20.2. The lowest BCUT2D eigenvalue weighted by Crippen LogP contribution is -2.35. The Labute approximate surface area is 173 Å². The molecule has 0 saturated carbocycles. The van der Waals surface area contributed by atoms with Crippen LogP contribution < -0.4 is 4.57 Å². The number of hydrogen-bond acceptors (Lipinski definition) is 1. The fourth-order valence-corrected chi connectivity index (χ4v) is 4.90. The number of rotatable bonds is 1. The van der Waals surface area contributed by atoms with Crippen molar-refractivity contribution < 1.29 is 4.57 Å². The molecule has 4 rings (SSSR count). The molecule has 0 aliphatic heterocycles. The van der Waals surface area contributed by atoms with Crippen molar-refractivity contribution in [2.45, 2.75) is 62.3 Å². The van der Waals surface area contributed by atoms with Gasteiger partial charge < -0.3 is 0 Å². The molecule has 4 nitrogen and oxygen atoms in total. The summed E-state index contributed by atoms with van der Waals surface area (Å²) in [5.74, 6) is 2.10. The van der Waals surface area contributed by atoms with Gasteiger partial charge in [-0.05, 0) is 99.9 Å². The summed E-state index contributed by atoms with van der Waals surface area (Å²) in [6.07, 6.45) is 0. The largest absolute Gasteiger partial charge is 0.389 e. The van der Waals surface area contributed by atoms with Crippen LogP contribution in [0, 0.1) is 62.3 Å². The summed E-state index contributed by atoms with van der Waals surface area (Å²) in [4.78, 5) is 0. The molecule has 0 saturated heterocycles. The van der Waals surface area contributed by atoms with E-state index < -0.39 is 0 Å². The van der Waals surface area contributed by atoms with E-state index in [1.54, 1.807) is 0 Å². The van der Waals surface area contributed by atoms with Crippen molar-refractivity contribution in [2.75, 3.05) is 0 Å². The number of benzene rings is 2. The third-order valence-corrected chi connectivity index (χ3v) is 7.70. The van der Waals surface area contributed by atoms with Crippen LogP contribution >= 0.6 is 0 Å². The van der Waals surface area contributed by atoms with Crippen LogP contribution in [0.4, 0.5) is 0 Å². The van der Waals surface area contributed by atoms with Gasteiger partial charge in [-0.3, -0.25) is 0 Å². The fraction of sp³-hybridized carbons (Fsp3) is 0.440. The highest BCUT2D eigenvalue weighted by molar-refractivity contribution is 6.15. The zero-order valence-corrected chi connectivity index (χ0v) is 19.8. The van der Waals surface area contributed by atoms with E-state index in [1.165, 1.54) is 66.3 Å². The number of hydrogen-bond donors (Lipinski definition) is 0. The van der Waals surface area contributed by atoms with E-state index in [1.807, 2.05) is 11.7 Å². The van der Waals surface area contributed by atoms with Crippen LogP contribution in [0.25, 0.3) is 27.8 Å². The Kier molecular flexibility index (Phi) is 4.20. The predicted molar refractivity (Wildman–Crippen MR) is 121 cm³/mol. The van der Waals surface area contributed by atoms with E-state index in [9.17, 15) is 0 Å². The molecule has 0 atom stereocenters. The van der Waals surface area contributed by atoms with Crippen LogP contribution in [0.5, 0.6) is 0 Å². The average Bonchev–Trinajstić information content (AvgIpc) is 3.17. The first-order valence-corrected chi connectivity index (χ1v) is 10.4. The first-order valence-electron chi connectivity index (χ1n) is 10.4. The van der Waals surface area contributed by atoms with Gasteiger partial charge in [-0.1, -0.05) is 0 Å².